The van der Waals surface area contributed by atoms with Gasteiger partial charge in [-0.2, -0.15) is 0 Å². The van der Waals surface area contributed by atoms with Gasteiger partial charge in [-0.3, -0.25) is 4.79 Å². The normalized spacial score (nSPS) is 10.7. The molecule has 0 unspecified atom stereocenters. The van der Waals surface area contributed by atoms with Gasteiger partial charge in [-0.05, 0) is 43.7 Å². The van der Waals surface area contributed by atoms with Gasteiger partial charge in [-0.1, -0.05) is 25.1 Å². The van der Waals surface area contributed by atoms with Crippen LogP contribution in [0.1, 0.15) is 35.9 Å². The van der Waals surface area contributed by atoms with Gasteiger partial charge in [0.2, 0.25) is 5.91 Å². The van der Waals surface area contributed by atoms with Gasteiger partial charge in [0, 0.05) is 5.69 Å². The summed E-state index contributed by atoms with van der Waals surface area (Å²) in [5.74, 6) is 0.535. The first-order valence-electron chi connectivity index (χ1n) is 9.14. The van der Waals surface area contributed by atoms with Gasteiger partial charge >= 0.3 is 5.97 Å². The predicted molar refractivity (Wildman–Crippen MR) is 108 cm³/mol. The number of nitrogens with zero attached hydrogens (tertiary/aromatic N) is 2. The molecule has 2 heterocycles. The summed E-state index contributed by atoms with van der Waals surface area (Å²) in [5, 5.41) is 10.9. The van der Waals surface area contributed by atoms with Gasteiger partial charge in [-0.15, -0.1) is 10.2 Å². The van der Waals surface area contributed by atoms with Crippen LogP contribution in [0.2, 0.25) is 0 Å². The average molecular weight is 415 g/mol. The summed E-state index contributed by atoms with van der Waals surface area (Å²) >= 11 is 1.13. The molecule has 0 atom stereocenters. The quantitative estimate of drug-likeness (QED) is 0.313. The van der Waals surface area contributed by atoms with Crippen LogP contribution in [-0.4, -0.2) is 34.4 Å². The Bertz CT molecular complexity index is 965. The van der Waals surface area contributed by atoms with Crippen LogP contribution in [0.5, 0.6) is 0 Å². The van der Waals surface area contributed by atoms with Gasteiger partial charge < -0.3 is 18.9 Å². The van der Waals surface area contributed by atoms with E-state index >= 15 is 0 Å². The lowest BCUT2D eigenvalue weighted by molar-refractivity contribution is -0.113. The second-order valence-corrected chi connectivity index (χ2v) is 7.09. The van der Waals surface area contributed by atoms with Gasteiger partial charge in [0.05, 0.1) is 29.7 Å². The number of hydrogen-bond acceptors (Lipinski definition) is 8. The Balaban J connectivity index is 1.48. The van der Waals surface area contributed by atoms with E-state index in [0.29, 0.717) is 34.7 Å². The molecule has 152 valence electrons. The molecule has 0 aliphatic heterocycles. The monoisotopic (exact) mass is 415 g/mol. The number of furan rings is 1. The molecule has 29 heavy (non-hydrogen) atoms. The molecular weight excluding hydrogens is 394 g/mol. The third kappa shape index (κ3) is 5.71. The number of amides is 1. The molecular formula is C20H21N3O5S. The second-order valence-electron chi connectivity index (χ2n) is 6.17. The summed E-state index contributed by atoms with van der Waals surface area (Å²) in [5.41, 5.74) is 1.75. The topological polar surface area (TPSA) is 107 Å². The van der Waals surface area contributed by atoms with Crippen LogP contribution < -0.4 is 5.32 Å². The number of thioether (sulfide) groups is 1. The lowest BCUT2D eigenvalue weighted by Gasteiger charge is -2.06. The molecule has 0 saturated heterocycles. The summed E-state index contributed by atoms with van der Waals surface area (Å²) in [6, 6.07) is 8.30. The number of anilines is 1. The minimum Gasteiger partial charge on any atom is -0.469 e. The highest BCUT2D eigenvalue weighted by Crippen LogP contribution is 2.26. The molecule has 0 radical (unpaired) electrons. The van der Waals surface area contributed by atoms with Gasteiger partial charge in [0.15, 0.2) is 0 Å². The van der Waals surface area contributed by atoms with Crippen molar-refractivity contribution < 1.29 is 23.2 Å². The lowest BCUT2D eigenvalue weighted by atomic mass is 10.2. The van der Waals surface area contributed by atoms with E-state index in [9.17, 15) is 9.59 Å². The molecule has 8 nitrogen and oxygen atoms in total. The van der Waals surface area contributed by atoms with E-state index in [1.807, 2.05) is 6.92 Å². The number of benzene rings is 1. The van der Waals surface area contributed by atoms with E-state index < -0.39 is 0 Å². The van der Waals surface area contributed by atoms with Crippen molar-refractivity contribution in [2.24, 2.45) is 0 Å². The maximum atomic E-state index is 12.1. The zero-order chi connectivity index (χ0) is 20.6. The predicted octanol–water partition coefficient (Wildman–Crippen LogP) is 4.33. The number of unbranched alkanes of at least 4 members (excludes halogenated alkanes) is 1. The van der Waals surface area contributed by atoms with Crippen LogP contribution in [0.3, 0.4) is 0 Å². The molecule has 2 aromatic heterocycles. The Morgan fingerprint density at radius 2 is 1.97 bits per heavy atom. The summed E-state index contributed by atoms with van der Waals surface area (Å²) < 4.78 is 15.9. The Labute approximate surface area is 172 Å². The van der Waals surface area contributed by atoms with Crippen molar-refractivity contribution in [3.05, 3.63) is 47.9 Å². The van der Waals surface area contributed by atoms with Crippen LogP contribution in [0, 0.1) is 6.92 Å². The fraction of sp³-hybridized carbons (Fsp3) is 0.300. The smallest absolute Gasteiger partial charge is 0.338 e. The Morgan fingerprint density at radius 1 is 1.17 bits per heavy atom. The highest BCUT2D eigenvalue weighted by atomic mass is 32.2. The minimum absolute atomic E-state index is 0.104. The molecule has 0 spiro atoms. The Morgan fingerprint density at radius 3 is 2.66 bits per heavy atom. The van der Waals surface area contributed by atoms with Gasteiger partial charge in [-0.25, -0.2) is 4.79 Å². The Kier molecular flexibility index (Phi) is 7.07. The summed E-state index contributed by atoms with van der Waals surface area (Å²) in [7, 11) is 0. The molecule has 0 aliphatic rings. The molecule has 1 N–H and O–H groups in total. The Hall–Kier alpha value is -3.07. The number of rotatable bonds is 9. The van der Waals surface area contributed by atoms with E-state index in [0.717, 1.165) is 30.2 Å². The highest BCUT2D eigenvalue weighted by molar-refractivity contribution is 7.99. The van der Waals surface area contributed by atoms with Crippen molar-refractivity contribution in [3.8, 4) is 11.5 Å². The molecule has 0 aliphatic carbocycles. The first kappa shape index (κ1) is 20.7. The molecule has 3 rings (SSSR count). The third-order valence-electron chi connectivity index (χ3n) is 3.96. The average Bonchev–Trinajstić information content (AvgIpc) is 3.35. The number of aryl methyl sites for hydroxylation is 1. The zero-order valence-electron chi connectivity index (χ0n) is 16.1. The SMILES string of the molecule is CCCCOC(=O)c1ccc(NC(=O)CSc2nnc(-c3ccoc3C)o2)cc1. The van der Waals surface area contributed by atoms with Crippen molar-refractivity contribution in [2.75, 3.05) is 17.7 Å². The van der Waals surface area contributed by atoms with Crippen molar-refractivity contribution in [1.29, 1.82) is 0 Å². The number of aromatic nitrogens is 2. The molecule has 0 fully saturated rings. The standard InChI is InChI=1S/C20H21N3O5S/c1-3-4-10-27-19(25)14-5-7-15(8-6-14)21-17(24)12-29-20-23-22-18(28-20)16-9-11-26-13(16)2/h5-9,11H,3-4,10,12H2,1-2H3,(H,21,24). The number of nitrogens with one attached hydrogen (secondary N) is 1. The van der Waals surface area contributed by atoms with Crippen LogP contribution in [-0.2, 0) is 9.53 Å². The third-order valence-corrected chi connectivity index (χ3v) is 4.78. The summed E-state index contributed by atoms with van der Waals surface area (Å²) in [6.07, 6.45) is 3.34. The van der Waals surface area contributed by atoms with E-state index in [2.05, 4.69) is 15.5 Å². The first-order chi connectivity index (χ1) is 14.1. The summed E-state index contributed by atoms with van der Waals surface area (Å²) in [6.45, 7) is 4.24. The van der Waals surface area contributed by atoms with Crippen molar-refractivity contribution in [2.45, 2.75) is 31.9 Å². The molecule has 0 bridgehead atoms. The molecule has 0 saturated carbocycles. The lowest BCUT2D eigenvalue weighted by Crippen LogP contribution is -2.14. The van der Waals surface area contributed by atoms with E-state index in [-0.39, 0.29) is 17.6 Å². The van der Waals surface area contributed by atoms with Crippen molar-refractivity contribution >= 4 is 29.3 Å². The molecule has 3 aromatic rings. The highest BCUT2D eigenvalue weighted by Gasteiger charge is 2.14. The fourth-order valence-electron chi connectivity index (χ4n) is 2.39. The van der Waals surface area contributed by atoms with Gasteiger partial charge in [0.1, 0.15) is 5.76 Å². The maximum absolute atomic E-state index is 12.1. The molecule has 1 amide bonds. The zero-order valence-corrected chi connectivity index (χ0v) is 17.0. The molecule has 1 aromatic carbocycles. The van der Waals surface area contributed by atoms with Crippen LogP contribution in [0.15, 0.2) is 50.7 Å². The van der Waals surface area contributed by atoms with Gasteiger partial charge in [0.25, 0.3) is 11.1 Å². The number of esters is 1. The van der Waals surface area contributed by atoms with Crippen molar-refractivity contribution in [3.63, 3.8) is 0 Å². The number of carbonyl (C=O) groups excluding carboxylic acids is 2. The number of ether oxygens (including phenoxy) is 1. The van der Waals surface area contributed by atoms with E-state index in [4.69, 9.17) is 13.6 Å². The van der Waals surface area contributed by atoms with Crippen LogP contribution >= 0.6 is 11.8 Å². The van der Waals surface area contributed by atoms with E-state index in [1.165, 1.54) is 0 Å². The summed E-state index contributed by atoms with van der Waals surface area (Å²) in [4.78, 5) is 24.0. The number of carbonyl (C=O) groups is 2. The maximum Gasteiger partial charge on any atom is 0.338 e. The second kappa shape index (κ2) is 9.92. The van der Waals surface area contributed by atoms with Crippen molar-refractivity contribution in [1.82, 2.24) is 10.2 Å². The van der Waals surface area contributed by atoms with E-state index in [1.54, 1.807) is 43.5 Å². The van der Waals surface area contributed by atoms with Crippen LogP contribution in [0.4, 0.5) is 5.69 Å². The first-order valence-corrected chi connectivity index (χ1v) is 10.1. The molecule has 9 heteroatoms. The largest absolute Gasteiger partial charge is 0.469 e. The van der Waals surface area contributed by atoms with Crippen LogP contribution in [0.25, 0.3) is 11.5 Å². The minimum atomic E-state index is -0.369. The fourth-order valence-corrected chi connectivity index (χ4v) is 2.95. The number of hydrogen-bond donors (Lipinski definition) is 1.